The third kappa shape index (κ3) is 4.93. The normalized spacial score (nSPS) is 12.2. The summed E-state index contributed by atoms with van der Waals surface area (Å²) < 4.78 is 84.6. The number of amides is 1. The van der Waals surface area contributed by atoms with Crippen LogP contribution in [0.5, 0.6) is 0 Å². The molecule has 42 heavy (non-hydrogen) atoms. The van der Waals surface area contributed by atoms with Gasteiger partial charge >= 0.3 is 12.1 Å². The van der Waals surface area contributed by atoms with Gasteiger partial charge in [-0.05, 0) is 46.7 Å². The third-order valence-electron chi connectivity index (χ3n) is 6.58. The number of hydrogen-bond acceptors (Lipinski definition) is 4. The van der Waals surface area contributed by atoms with Gasteiger partial charge in [-0.3, -0.25) is 9.48 Å². The molecule has 7 nitrogen and oxygen atoms in total. The number of aromatic nitrogens is 5. The molecule has 3 heterocycles. The molecule has 3 aromatic heterocycles. The largest absolute Gasteiger partial charge is 0.459 e. The van der Waals surface area contributed by atoms with Crippen molar-refractivity contribution in [2.45, 2.75) is 18.6 Å². The van der Waals surface area contributed by atoms with Crippen molar-refractivity contribution in [3.8, 4) is 11.3 Å². The first-order chi connectivity index (χ1) is 20.0. The summed E-state index contributed by atoms with van der Waals surface area (Å²) in [6.07, 6.45) is -3.05. The molecule has 0 unspecified atom stereocenters. The second kappa shape index (κ2) is 10.0. The zero-order valence-corrected chi connectivity index (χ0v) is 21.3. The minimum Gasteiger partial charge on any atom is -0.318 e. The molecular formula is C29H18F6N6O. The van der Waals surface area contributed by atoms with Crippen LogP contribution in [-0.2, 0) is 12.5 Å². The Morgan fingerprint density at radius 1 is 0.905 bits per heavy atom. The zero-order valence-electron chi connectivity index (χ0n) is 21.3. The second-order valence-electron chi connectivity index (χ2n) is 9.42. The van der Waals surface area contributed by atoms with Gasteiger partial charge in [0.1, 0.15) is 11.5 Å². The van der Waals surface area contributed by atoms with E-state index < -0.39 is 40.9 Å². The highest BCUT2D eigenvalue weighted by Crippen LogP contribution is 2.44. The minimum atomic E-state index is -5.96. The SMILES string of the molecule is O=C(Nc1cnn(Cc2cccc3ccccc23)c1)c1cc2nc(-c3ccc(F)cc3)cc(C(F)(F)C(F)(F)F)n2n1. The summed E-state index contributed by atoms with van der Waals surface area (Å²) in [6.45, 7) is 0.386. The molecule has 3 aromatic carbocycles. The molecule has 6 aromatic rings. The van der Waals surface area contributed by atoms with Crippen LogP contribution in [0, 0.1) is 5.82 Å². The summed E-state index contributed by atoms with van der Waals surface area (Å²) in [7, 11) is 0. The van der Waals surface area contributed by atoms with Crippen LogP contribution < -0.4 is 5.32 Å². The van der Waals surface area contributed by atoms with Gasteiger partial charge in [0.25, 0.3) is 5.91 Å². The van der Waals surface area contributed by atoms with Gasteiger partial charge in [0.05, 0.1) is 24.1 Å². The lowest BCUT2D eigenvalue weighted by molar-refractivity contribution is -0.291. The zero-order chi connectivity index (χ0) is 29.6. The lowest BCUT2D eigenvalue weighted by Gasteiger charge is -2.21. The van der Waals surface area contributed by atoms with Gasteiger partial charge in [0.15, 0.2) is 11.3 Å². The second-order valence-corrected chi connectivity index (χ2v) is 9.42. The Balaban J connectivity index is 1.31. The molecule has 0 saturated carbocycles. The van der Waals surface area contributed by atoms with Crippen molar-refractivity contribution in [3.05, 3.63) is 114 Å². The number of benzene rings is 3. The van der Waals surface area contributed by atoms with E-state index in [9.17, 15) is 31.1 Å². The first-order valence-electron chi connectivity index (χ1n) is 12.4. The molecular weight excluding hydrogens is 562 g/mol. The topological polar surface area (TPSA) is 77.1 Å². The van der Waals surface area contributed by atoms with Crippen LogP contribution in [0.3, 0.4) is 0 Å². The van der Waals surface area contributed by atoms with Crippen LogP contribution in [0.15, 0.2) is 91.3 Å². The summed E-state index contributed by atoms with van der Waals surface area (Å²) in [4.78, 5) is 17.1. The van der Waals surface area contributed by atoms with Crippen LogP contribution in [0.4, 0.5) is 32.0 Å². The Hall–Kier alpha value is -5.20. The van der Waals surface area contributed by atoms with Crippen LogP contribution in [0.25, 0.3) is 27.7 Å². The fourth-order valence-electron chi connectivity index (χ4n) is 4.54. The fourth-order valence-corrected chi connectivity index (χ4v) is 4.54. The molecule has 212 valence electrons. The Morgan fingerprint density at radius 3 is 2.40 bits per heavy atom. The number of carbonyl (C=O) groups excluding carboxylic acids is 1. The maximum atomic E-state index is 14.6. The van der Waals surface area contributed by atoms with Crippen molar-refractivity contribution >= 4 is 28.0 Å². The van der Waals surface area contributed by atoms with Crippen molar-refractivity contribution in [2.24, 2.45) is 0 Å². The molecule has 0 saturated heterocycles. The quantitative estimate of drug-likeness (QED) is 0.219. The number of halogens is 6. The first-order valence-corrected chi connectivity index (χ1v) is 12.4. The highest BCUT2D eigenvalue weighted by Gasteiger charge is 2.60. The van der Waals surface area contributed by atoms with E-state index in [1.807, 2.05) is 42.5 Å². The molecule has 0 spiro atoms. The third-order valence-corrected chi connectivity index (χ3v) is 6.58. The molecule has 6 rings (SSSR count). The molecule has 0 bridgehead atoms. The van der Waals surface area contributed by atoms with Gasteiger partial charge < -0.3 is 5.32 Å². The highest BCUT2D eigenvalue weighted by atomic mass is 19.4. The molecule has 0 fully saturated rings. The van der Waals surface area contributed by atoms with E-state index in [4.69, 9.17) is 0 Å². The molecule has 0 aliphatic carbocycles. The number of rotatable bonds is 6. The highest BCUT2D eigenvalue weighted by molar-refractivity contribution is 6.03. The van der Waals surface area contributed by atoms with Crippen molar-refractivity contribution in [3.63, 3.8) is 0 Å². The van der Waals surface area contributed by atoms with Gasteiger partial charge in [-0.25, -0.2) is 13.9 Å². The minimum absolute atomic E-state index is 0.0870. The molecule has 1 amide bonds. The monoisotopic (exact) mass is 580 g/mol. The van der Waals surface area contributed by atoms with Crippen LogP contribution in [-0.4, -0.2) is 36.5 Å². The predicted octanol–water partition coefficient (Wildman–Crippen LogP) is 6.84. The Labute approximate surface area is 233 Å². The summed E-state index contributed by atoms with van der Waals surface area (Å²) in [6, 6.07) is 19.5. The summed E-state index contributed by atoms with van der Waals surface area (Å²) in [5.74, 6) is -6.86. The van der Waals surface area contributed by atoms with E-state index in [0.717, 1.165) is 34.5 Å². The smallest absolute Gasteiger partial charge is 0.318 e. The Morgan fingerprint density at radius 2 is 1.64 bits per heavy atom. The number of carbonyl (C=O) groups is 1. The van der Waals surface area contributed by atoms with Crippen LogP contribution in [0.1, 0.15) is 21.7 Å². The van der Waals surface area contributed by atoms with E-state index >= 15 is 0 Å². The van der Waals surface area contributed by atoms with Crippen molar-refractivity contribution in [2.75, 3.05) is 5.32 Å². The van der Waals surface area contributed by atoms with Crippen molar-refractivity contribution in [1.29, 1.82) is 0 Å². The fraction of sp³-hybridized carbons (Fsp3) is 0.103. The molecule has 1 N–H and O–H groups in total. The standard InChI is InChI=1S/C29H18F6N6O/c30-20-10-8-18(9-11-20)23-12-25(28(31,32)29(33,34)35)41-26(38-23)13-24(39-41)27(42)37-21-14-36-40(16-21)15-19-6-3-5-17-4-1-2-7-22(17)19/h1-14,16H,15H2,(H,37,42). The maximum Gasteiger partial charge on any atom is 0.459 e. The van der Waals surface area contributed by atoms with E-state index in [0.29, 0.717) is 12.6 Å². The number of fused-ring (bicyclic) bond motifs is 2. The molecule has 0 aliphatic heterocycles. The predicted molar refractivity (Wildman–Crippen MR) is 142 cm³/mol. The van der Waals surface area contributed by atoms with E-state index in [2.05, 4.69) is 20.5 Å². The van der Waals surface area contributed by atoms with Gasteiger partial charge in [-0.1, -0.05) is 42.5 Å². The molecule has 0 aliphatic rings. The number of nitrogens with zero attached hydrogens (tertiary/aromatic N) is 5. The first kappa shape index (κ1) is 27.0. The van der Waals surface area contributed by atoms with Crippen LogP contribution in [0.2, 0.25) is 0 Å². The van der Waals surface area contributed by atoms with E-state index in [1.165, 1.54) is 18.3 Å². The average Bonchev–Trinajstić information content (AvgIpc) is 3.59. The summed E-state index contributed by atoms with van der Waals surface area (Å²) in [5, 5.41) is 12.6. The number of anilines is 1. The van der Waals surface area contributed by atoms with Gasteiger partial charge in [-0.2, -0.15) is 32.1 Å². The number of hydrogen-bond donors (Lipinski definition) is 1. The van der Waals surface area contributed by atoms with Gasteiger partial charge in [0, 0.05) is 17.8 Å². The van der Waals surface area contributed by atoms with Crippen molar-refractivity contribution < 1.29 is 31.1 Å². The van der Waals surface area contributed by atoms with Crippen molar-refractivity contribution in [1.82, 2.24) is 24.4 Å². The van der Waals surface area contributed by atoms with E-state index in [1.54, 1.807) is 10.9 Å². The number of alkyl halides is 5. The Kier molecular flexibility index (Phi) is 6.44. The van der Waals surface area contributed by atoms with E-state index in [-0.39, 0.29) is 21.5 Å². The summed E-state index contributed by atoms with van der Waals surface area (Å²) >= 11 is 0. The summed E-state index contributed by atoms with van der Waals surface area (Å²) in [5.41, 5.74) is -1.42. The lowest BCUT2D eigenvalue weighted by atomic mass is 10.0. The van der Waals surface area contributed by atoms with Crippen LogP contribution >= 0.6 is 0 Å². The Bertz CT molecular complexity index is 1940. The van der Waals surface area contributed by atoms with Gasteiger partial charge in [-0.15, -0.1) is 0 Å². The molecule has 0 radical (unpaired) electrons. The lowest BCUT2D eigenvalue weighted by Crippen LogP contribution is -2.36. The maximum absolute atomic E-state index is 14.6. The number of nitrogens with one attached hydrogen (secondary N) is 1. The molecule has 13 heteroatoms. The molecule has 0 atom stereocenters. The average molecular weight is 580 g/mol. The van der Waals surface area contributed by atoms with Gasteiger partial charge in [0.2, 0.25) is 0 Å².